The summed E-state index contributed by atoms with van der Waals surface area (Å²) >= 11 is 0. The molecule has 110 valence electrons. The molecular weight excluding hydrogens is 284 g/mol. The highest BCUT2D eigenvalue weighted by molar-refractivity contribution is 7.89. The number of aliphatic hydroxyl groups is 1. The Kier molecular flexibility index (Phi) is 3.49. The van der Waals surface area contributed by atoms with Crippen LogP contribution in [0.4, 0.5) is 0 Å². The van der Waals surface area contributed by atoms with E-state index in [2.05, 4.69) is 4.72 Å². The van der Waals surface area contributed by atoms with Crippen LogP contribution in [-0.4, -0.2) is 30.2 Å². The zero-order chi connectivity index (χ0) is 15.1. The van der Waals surface area contributed by atoms with Crippen LogP contribution in [0, 0.1) is 0 Å². The van der Waals surface area contributed by atoms with Crippen LogP contribution in [0.3, 0.4) is 0 Å². The Morgan fingerprint density at radius 2 is 2.05 bits per heavy atom. The van der Waals surface area contributed by atoms with E-state index < -0.39 is 21.4 Å². The van der Waals surface area contributed by atoms with E-state index in [4.69, 9.17) is 4.42 Å². The quantitative estimate of drug-likeness (QED) is 0.838. The van der Waals surface area contributed by atoms with Crippen molar-refractivity contribution in [2.75, 3.05) is 6.54 Å². The molecule has 1 aromatic heterocycles. The van der Waals surface area contributed by atoms with Gasteiger partial charge in [-0.3, -0.25) is 4.57 Å². The SMILES string of the molecule is Cn1c(=O)oc2cc(S(=O)(=O)NCC(C)(C)O)ccc21. The molecule has 0 bridgehead atoms. The maximum absolute atomic E-state index is 12.1. The highest BCUT2D eigenvalue weighted by atomic mass is 32.2. The molecule has 0 aliphatic carbocycles. The number of rotatable bonds is 4. The summed E-state index contributed by atoms with van der Waals surface area (Å²) < 4.78 is 32.7. The Labute approximate surface area is 115 Å². The molecule has 8 heteroatoms. The molecule has 0 saturated carbocycles. The first kappa shape index (κ1) is 14.8. The highest BCUT2D eigenvalue weighted by Gasteiger charge is 2.20. The van der Waals surface area contributed by atoms with E-state index in [9.17, 15) is 18.3 Å². The Balaban J connectivity index is 2.40. The molecule has 1 aromatic carbocycles. The number of aromatic nitrogens is 1. The first-order valence-corrected chi connectivity index (χ1v) is 7.40. The molecule has 2 N–H and O–H groups in total. The molecule has 0 atom stereocenters. The van der Waals surface area contributed by atoms with Crippen molar-refractivity contribution in [3.63, 3.8) is 0 Å². The summed E-state index contributed by atoms with van der Waals surface area (Å²) in [6.07, 6.45) is 0. The predicted octanol–water partition coefficient (Wildman–Crippen LogP) is 0.181. The molecule has 0 spiro atoms. The highest BCUT2D eigenvalue weighted by Crippen LogP contribution is 2.18. The first-order valence-electron chi connectivity index (χ1n) is 5.92. The number of nitrogens with one attached hydrogen (secondary N) is 1. The maximum Gasteiger partial charge on any atom is 0.419 e. The molecule has 0 aliphatic rings. The lowest BCUT2D eigenvalue weighted by molar-refractivity contribution is 0.0857. The second-order valence-electron chi connectivity index (χ2n) is 5.19. The zero-order valence-electron chi connectivity index (χ0n) is 11.4. The van der Waals surface area contributed by atoms with Gasteiger partial charge in [0, 0.05) is 19.7 Å². The van der Waals surface area contributed by atoms with Crippen molar-refractivity contribution in [1.29, 1.82) is 0 Å². The molecule has 2 rings (SSSR count). The molecule has 7 nitrogen and oxygen atoms in total. The molecule has 1 heterocycles. The topological polar surface area (TPSA) is 102 Å². The summed E-state index contributed by atoms with van der Waals surface area (Å²) in [7, 11) is -2.23. The molecular formula is C12H16N2O5S. The molecule has 2 aromatic rings. The minimum Gasteiger partial charge on any atom is -0.408 e. The normalized spacial score (nSPS) is 13.0. The molecule has 20 heavy (non-hydrogen) atoms. The Morgan fingerprint density at radius 1 is 1.40 bits per heavy atom. The van der Waals surface area contributed by atoms with Gasteiger partial charge < -0.3 is 9.52 Å². The van der Waals surface area contributed by atoms with Crippen molar-refractivity contribution in [3.05, 3.63) is 28.7 Å². The fourth-order valence-corrected chi connectivity index (χ4v) is 2.86. The fourth-order valence-electron chi connectivity index (χ4n) is 1.64. The van der Waals surface area contributed by atoms with Gasteiger partial charge in [-0.1, -0.05) is 0 Å². The molecule has 0 radical (unpaired) electrons. The van der Waals surface area contributed by atoms with E-state index in [-0.39, 0.29) is 17.0 Å². The van der Waals surface area contributed by atoms with Crippen molar-refractivity contribution >= 4 is 21.1 Å². The van der Waals surface area contributed by atoms with E-state index in [1.54, 1.807) is 0 Å². The van der Waals surface area contributed by atoms with E-state index in [0.717, 1.165) is 0 Å². The van der Waals surface area contributed by atoms with Crippen molar-refractivity contribution in [3.8, 4) is 0 Å². The van der Waals surface area contributed by atoms with Crippen LogP contribution in [0.2, 0.25) is 0 Å². The standard InChI is InChI=1S/C12H16N2O5S/c1-12(2,16)7-13-20(17,18)8-4-5-9-10(6-8)19-11(15)14(9)3/h4-6,13,16H,7H2,1-3H3. The molecule has 0 fully saturated rings. The first-order chi connectivity index (χ1) is 9.10. The Bertz CT molecular complexity index is 795. The number of oxazole rings is 1. The van der Waals surface area contributed by atoms with Crippen LogP contribution in [0.15, 0.2) is 32.3 Å². The summed E-state index contributed by atoms with van der Waals surface area (Å²) in [5, 5.41) is 9.55. The molecule has 0 unspecified atom stereocenters. The van der Waals surface area contributed by atoms with Gasteiger partial charge in [0.15, 0.2) is 5.58 Å². The number of benzene rings is 1. The van der Waals surface area contributed by atoms with Gasteiger partial charge in [-0.2, -0.15) is 0 Å². The number of nitrogens with zero attached hydrogens (tertiary/aromatic N) is 1. The third-order valence-corrected chi connectivity index (χ3v) is 4.17. The van der Waals surface area contributed by atoms with Crippen LogP contribution in [0.5, 0.6) is 0 Å². The van der Waals surface area contributed by atoms with Gasteiger partial charge in [0.25, 0.3) is 0 Å². The Hall–Kier alpha value is -1.64. The van der Waals surface area contributed by atoms with Gasteiger partial charge in [0.2, 0.25) is 10.0 Å². The summed E-state index contributed by atoms with van der Waals surface area (Å²) in [4.78, 5) is 11.3. The monoisotopic (exact) mass is 300 g/mol. The fraction of sp³-hybridized carbons (Fsp3) is 0.417. The van der Waals surface area contributed by atoms with Gasteiger partial charge in [-0.15, -0.1) is 0 Å². The second-order valence-corrected chi connectivity index (χ2v) is 6.96. The zero-order valence-corrected chi connectivity index (χ0v) is 12.2. The largest absolute Gasteiger partial charge is 0.419 e. The molecule has 0 saturated heterocycles. The van der Waals surface area contributed by atoms with Crippen molar-refractivity contribution in [2.45, 2.75) is 24.3 Å². The second kappa shape index (κ2) is 4.72. The molecule has 0 amide bonds. The number of fused-ring (bicyclic) bond motifs is 1. The van der Waals surface area contributed by atoms with Gasteiger partial charge in [-0.25, -0.2) is 17.9 Å². The van der Waals surface area contributed by atoms with E-state index in [0.29, 0.717) is 5.52 Å². The van der Waals surface area contributed by atoms with Crippen LogP contribution >= 0.6 is 0 Å². The van der Waals surface area contributed by atoms with Gasteiger partial charge >= 0.3 is 5.76 Å². The van der Waals surface area contributed by atoms with E-state index >= 15 is 0 Å². The van der Waals surface area contributed by atoms with Crippen molar-refractivity contribution in [2.24, 2.45) is 7.05 Å². The van der Waals surface area contributed by atoms with Crippen LogP contribution in [0.1, 0.15) is 13.8 Å². The van der Waals surface area contributed by atoms with Gasteiger partial charge in [-0.05, 0) is 26.0 Å². The number of aryl methyl sites for hydroxylation is 1. The lowest BCUT2D eigenvalue weighted by Gasteiger charge is -2.17. The smallest absolute Gasteiger partial charge is 0.408 e. The minimum atomic E-state index is -3.77. The summed E-state index contributed by atoms with van der Waals surface area (Å²) in [5.41, 5.74) is -0.448. The van der Waals surface area contributed by atoms with Crippen LogP contribution in [0.25, 0.3) is 11.1 Å². The summed E-state index contributed by atoms with van der Waals surface area (Å²) in [6.45, 7) is 2.87. The van der Waals surface area contributed by atoms with Gasteiger partial charge in [0.1, 0.15) is 0 Å². The third kappa shape index (κ3) is 2.92. The number of hydrogen-bond acceptors (Lipinski definition) is 5. The lowest BCUT2D eigenvalue weighted by atomic mass is 10.1. The lowest BCUT2D eigenvalue weighted by Crippen LogP contribution is -2.38. The van der Waals surface area contributed by atoms with Gasteiger partial charge in [0.05, 0.1) is 16.0 Å². The maximum atomic E-state index is 12.1. The summed E-state index contributed by atoms with van der Waals surface area (Å²) in [5.74, 6) is -0.556. The summed E-state index contributed by atoms with van der Waals surface area (Å²) in [6, 6.07) is 4.16. The number of hydrogen-bond donors (Lipinski definition) is 2. The minimum absolute atomic E-state index is 0.0244. The van der Waals surface area contributed by atoms with Crippen molar-refractivity contribution in [1.82, 2.24) is 9.29 Å². The van der Waals surface area contributed by atoms with Crippen LogP contribution in [-0.2, 0) is 17.1 Å². The van der Waals surface area contributed by atoms with Crippen LogP contribution < -0.4 is 10.5 Å². The average molecular weight is 300 g/mol. The third-order valence-electron chi connectivity index (χ3n) is 2.77. The Morgan fingerprint density at radius 3 is 2.65 bits per heavy atom. The molecule has 0 aliphatic heterocycles. The van der Waals surface area contributed by atoms with E-state index in [1.165, 1.54) is 43.7 Å². The predicted molar refractivity (Wildman–Crippen MR) is 72.9 cm³/mol. The average Bonchev–Trinajstić information content (AvgIpc) is 2.62. The number of sulfonamides is 1. The van der Waals surface area contributed by atoms with E-state index in [1.807, 2.05) is 0 Å². The van der Waals surface area contributed by atoms with Crippen molar-refractivity contribution < 1.29 is 17.9 Å².